The molecule has 13 heteroatoms. The number of ether oxygens (including phenoxy) is 1. The summed E-state index contributed by atoms with van der Waals surface area (Å²) < 4.78 is 5.43. The Kier molecular flexibility index (Phi) is 11.1. The minimum Gasteiger partial charge on any atom is -0.447 e. The van der Waals surface area contributed by atoms with Crippen LogP contribution in [0.15, 0.2) is 24.3 Å². The molecule has 5 rings (SSSR count). The maximum absolute atomic E-state index is 14.8. The van der Waals surface area contributed by atoms with Crippen LogP contribution in [-0.2, 0) is 36.8 Å². The molecule has 6 atom stereocenters. The molecule has 1 heterocycles. The summed E-state index contributed by atoms with van der Waals surface area (Å²) in [4.78, 5) is 81.3. The van der Waals surface area contributed by atoms with Crippen molar-refractivity contribution in [2.45, 2.75) is 117 Å². The van der Waals surface area contributed by atoms with E-state index in [0.29, 0.717) is 25.8 Å². The number of urea groups is 1. The third-order valence-electron chi connectivity index (χ3n) is 11.7. The van der Waals surface area contributed by atoms with Gasteiger partial charge in [-0.15, -0.1) is 0 Å². The zero-order valence-electron chi connectivity index (χ0n) is 31.0. The lowest BCUT2D eigenvalue weighted by Gasteiger charge is -2.36. The zero-order chi connectivity index (χ0) is 37.4. The van der Waals surface area contributed by atoms with E-state index in [9.17, 15) is 28.8 Å². The molecule has 1 aromatic carbocycles. The smallest absolute Gasteiger partial charge is 0.407 e. The van der Waals surface area contributed by atoms with Crippen LogP contribution in [0.25, 0.3) is 0 Å². The second-order valence-electron chi connectivity index (χ2n) is 17.1. The Morgan fingerprint density at radius 1 is 0.961 bits per heavy atom. The van der Waals surface area contributed by atoms with E-state index in [1.807, 2.05) is 58.9 Å². The third-order valence-corrected chi connectivity index (χ3v) is 11.7. The molecule has 0 aromatic heterocycles. The number of carbonyl (C=O) groups excluding carboxylic acids is 6. The molecule has 2 saturated carbocycles. The first-order valence-electron chi connectivity index (χ1n) is 18.4. The molecule has 51 heavy (non-hydrogen) atoms. The molecule has 0 radical (unpaired) electrons. The van der Waals surface area contributed by atoms with E-state index in [1.54, 1.807) is 4.90 Å². The molecule has 280 valence electrons. The summed E-state index contributed by atoms with van der Waals surface area (Å²) in [5.74, 6) is -2.94. The summed E-state index contributed by atoms with van der Waals surface area (Å²) in [7, 11) is 0. The Bertz CT molecular complexity index is 1510. The SMILES string of the molecule is CC(C)NC(=O)OC[C@@H](NC(=O)N[C@H](C(=O)N1C[C@H]2[C@@H]([C@H]1C(=O)NC(CC1CCC1)C(=O)C(N)=O)C2(C)C)C1Cc2ccccc2C1)C(C)(C)C. The fraction of sp³-hybridized carbons (Fsp3) is 0.684. The number of hydrogen-bond donors (Lipinski definition) is 5. The van der Waals surface area contributed by atoms with Crippen molar-refractivity contribution in [2.75, 3.05) is 13.2 Å². The predicted molar refractivity (Wildman–Crippen MR) is 190 cm³/mol. The maximum atomic E-state index is 14.8. The molecule has 1 saturated heterocycles. The van der Waals surface area contributed by atoms with Crippen LogP contribution < -0.4 is 27.0 Å². The molecule has 4 aliphatic rings. The normalized spacial score (nSPS) is 23.9. The van der Waals surface area contributed by atoms with Gasteiger partial charge in [0.15, 0.2) is 0 Å². The van der Waals surface area contributed by atoms with E-state index < -0.39 is 59.3 Å². The van der Waals surface area contributed by atoms with E-state index >= 15 is 0 Å². The van der Waals surface area contributed by atoms with Crippen molar-refractivity contribution in [3.05, 3.63) is 35.4 Å². The largest absolute Gasteiger partial charge is 0.447 e. The molecule has 13 nitrogen and oxygen atoms in total. The van der Waals surface area contributed by atoms with Crippen molar-refractivity contribution in [1.82, 2.24) is 26.2 Å². The first-order chi connectivity index (χ1) is 23.9. The number of Topliss-reactive ketones (excluding diaryl/α,β-unsaturated/α-hetero) is 1. The molecule has 1 aromatic rings. The number of amides is 6. The second kappa shape index (κ2) is 14.8. The van der Waals surface area contributed by atoms with Crippen molar-refractivity contribution in [3.63, 3.8) is 0 Å². The number of likely N-dealkylation sites (tertiary alicyclic amines) is 1. The first-order valence-corrected chi connectivity index (χ1v) is 18.4. The number of hydrogen-bond acceptors (Lipinski definition) is 7. The van der Waals surface area contributed by atoms with Gasteiger partial charge in [0.25, 0.3) is 5.91 Å². The van der Waals surface area contributed by atoms with Gasteiger partial charge in [-0.2, -0.15) is 0 Å². The molecular formula is C38H56N6O7. The van der Waals surface area contributed by atoms with Gasteiger partial charge in [0.1, 0.15) is 18.7 Å². The molecule has 3 aliphatic carbocycles. The molecule has 6 amide bonds. The van der Waals surface area contributed by atoms with E-state index in [1.165, 1.54) is 0 Å². The van der Waals surface area contributed by atoms with Crippen molar-refractivity contribution in [1.29, 1.82) is 0 Å². The quantitative estimate of drug-likeness (QED) is 0.195. The Labute approximate surface area is 300 Å². The Hall–Kier alpha value is -4.16. The summed E-state index contributed by atoms with van der Waals surface area (Å²) in [5, 5.41) is 11.4. The number of rotatable bonds is 13. The number of carbonyl (C=O) groups is 6. The highest BCUT2D eigenvalue weighted by Gasteiger charge is 2.70. The average Bonchev–Trinajstić information content (AvgIpc) is 3.38. The lowest BCUT2D eigenvalue weighted by atomic mass is 9.80. The summed E-state index contributed by atoms with van der Waals surface area (Å²) in [6, 6.07) is 3.75. The van der Waals surface area contributed by atoms with Gasteiger partial charge in [0.05, 0.1) is 12.1 Å². The van der Waals surface area contributed by atoms with E-state index in [2.05, 4.69) is 35.1 Å². The number of piperidine rings is 1. The van der Waals surface area contributed by atoms with Crippen LogP contribution in [0.1, 0.15) is 85.3 Å². The number of primary amides is 1. The predicted octanol–water partition coefficient (Wildman–Crippen LogP) is 2.83. The molecule has 0 bridgehead atoms. The lowest BCUT2D eigenvalue weighted by molar-refractivity contribution is -0.144. The number of benzene rings is 1. The minimum atomic E-state index is -1.10. The molecule has 1 aliphatic heterocycles. The summed E-state index contributed by atoms with van der Waals surface area (Å²) >= 11 is 0. The van der Waals surface area contributed by atoms with Crippen molar-refractivity contribution < 1.29 is 33.5 Å². The van der Waals surface area contributed by atoms with Crippen molar-refractivity contribution in [2.24, 2.45) is 40.2 Å². The number of nitrogens with two attached hydrogens (primary N) is 1. The van der Waals surface area contributed by atoms with Crippen LogP contribution in [0.3, 0.4) is 0 Å². The second-order valence-corrected chi connectivity index (χ2v) is 17.1. The van der Waals surface area contributed by atoms with Gasteiger partial charge in [-0.25, -0.2) is 9.59 Å². The molecule has 6 N–H and O–H groups in total. The zero-order valence-corrected chi connectivity index (χ0v) is 31.0. The Morgan fingerprint density at radius 2 is 1.59 bits per heavy atom. The fourth-order valence-corrected chi connectivity index (χ4v) is 8.21. The van der Waals surface area contributed by atoms with Crippen LogP contribution in [0, 0.1) is 34.5 Å². The first kappa shape index (κ1) is 38.1. The van der Waals surface area contributed by atoms with Crippen LogP contribution >= 0.6 is 0 Å². The van der Waals surface area contributed by atoms with Gasteiger partial charge < -0.3 is 36.6 Å². The average molecular weight is 709 g/mol. The molecule has 1 unspecified atom stereocenters. The lowest BCUT2D eigenvalue weighted by Crippen LogP contribution is -2.61. The summed E-state index contributed by atoms with van der Waals surface area (Å²) in [6.07, 6.45) is 3.72. The molecule has 3 fully saturated rings. The Morgan fingerprint density at radius 3 is 2.12 bits per heavy atom. The topological polar surface area (TPSA) is 189 Å². The Balaban J connectivity index is 1.37. The van der Waals surface area contributed by atoms with Gasteiger partial charge in [0, 0.05) is 12.6 Å². The highest BCUT2D eigenvalue weighted by Crippen LogP contribution is 2.65. The van der Waals surface area contributed by atoms with Gasteiger partial charge in [-0.1, -0.05) is 78.1 Å². The number of ketones is 1. The third kappa shape index (κ3) is 8.49. The van der Waals surface area contributed by atoms with Gasteiger partial charge in [-0.3, -0.25) is 19.2 Å². The minimum absolute atomic E-state index is 0.0591. The van der Waals surface area contributed by atoms with Gasteiger partial charge in [0.2, 0.25) is 17.6 Å². The number of alkyl carbamates (subject to hydrolysis) is 1. The van der Waals surface area contributed by atoms with Crippen LogP contribution in [0.2, 0.25) is 0 Å². The highest BCUT2D eigenvalue weighted by atomic mass is 16.5. The van der Waals surface area contributed by atoms with Gasteiger partial charge in [-0.05, 0) is 78.7 Å². The molecule has 0 spiro atoms. The van der Waals surface area contributed by atoms with Crippen molar-refractivity contribution in [3.8, 4) is 0 Å². The van der Waals surface area contributed by atoms with E-state index in [0.717, 1.165) is 30.4 Å². The summed E-state index contributed by atoms with van der Waals surface area (Å²) in [5.41, 5.74) is 6.88. The maximum Gasteiger partial charge on any atom is 0.407 e. The number of nitrogens with zero attached hydrogens (tertiary/aromatic N) is 1. The van der Waals surface area contributed by atoms with Gasteiger partial charge >= 0.3 is 12.1 Å². The van der Waals surface area contributed by atoms with Crippen LogP contribution in [0.4, 0.5) is 9.59 Å². The molecular weight excluding hydrogens is 652 g/mol. The van der Waals surface area contributed by atoms with Crippen LogP contribution in [-0.4, -0.2) is 83.9 Å². The standard InChI is InChI=1S/C38H56N6O7/c1-20(2)40-36(50)51-19-27(37(3,4)5)42-35(49)43-29(24-16-22-13-8-9-14-23(22)17-24)34(48)44-18-25-28(38(25,6)7)30(44)33(47)41-26(31(45)32(39)46)15-21-11-10-12-21/h8-9,13-14,20-21,24-30H,10-12,15-19H2,1-7H3,(H2,39,46)(H,40,50)(H,41,47)(H2,42,43,49)/t25-,26?,27+,28-,29-,30-/m0/s1. The van der Waals surface area contributed by atoms with Crippen molar-refractivity contribution >= 4 is 35.6 Å². The summed E-state index contributed by atoms with van der Waals surface area (Å²) in [6.45, 7) is 13.8. The monoisotopic (exact) mass is 708 g/mol. The van der Waals surface area contributed by atoms with E-state index in [4.69, 9.17) is 10.5 Å². The van der Waals surface area contributed by atoms with E-state index in [-0.39, 0.29) is 47.6 Å². The highest BCUT2D eigenvalue weighted by molar-refractivity contribution is 6.37. The number of fused-ring (bicyclic) bond motifs is 2. The number of nitrogens with one attached hydrogen (secondary N) is 4. The van der Waals surface area contributed by atoms with Crippen LogP contribution in [0.5, 0.6) is 0 Å². The fourth-order valence-electron chi connectivity index (χ4n) is 8.21.